The summed E-state index contributed by atoms with van der Waals surface area (Å²) in [5.74, 6) is -0.671. The van der Waals surface area contributed by atoms with Crippen LogP contribution in [0, 0.1) is 0 Å². The number of isocyanates is 1. The number of hydrogen-bond donors (Lipinski definition) is 2. The van der Waals surface area contributed by atoms with Crippen LogP contribution < -0.4 is 5.32 Å². The molecule has 0 aromatic heterocycles. The molecular formula is C30H58N2O12Si2. The molecule has 0 fully saturated rings. The maximum atomic E-state index is 11.5. The first-order valence-electron chi connectivity index (χ1n) is 15.1. The van der Waals surface area contributed by atoms with Gasteiger partial charge in [0.2, 0.25) is 6.08 Å². The lowest BCUT2D eigenvalue weighted by atomic mass is 10.2. The standard InChI is InChI=1S/C15H29NO6Si.C10H18O3.C5H11NO3Si/c1-13(2)14(17)21-10-8-6-7-9-11-22-15(18)16-12-23(5,19-3)20-4;1-9(2)10(12)13-8-6-4-3-5-7-11;1-8-10(3,9-2)5-6-4-7/h1,6-12H2,2-5H3,(H,16,18);11H,1,3-8H2,2H3;5H2,1-3H3. The first kappa shape index (κ1) is 47.7. The van der Waals surface area contributed by atoms with Gasteiger partial charge in [0, 0.05) is 46.2 Å². The monoisotopic (exact) mass is 694 g/mol. The summed E-state index contributed by atoms with van der Waals surface area (Å²) in [5, 5.41) is 11.1. The Balaban J connectivity index is -0.000000675. The van der Waals surface area contributed by atoms with Gasteiger partial charge in [-0.2, -0.15) is 0 Å². The van der Waals surface area contributed by atoms with Crippen molar-refractivity contribution in [1.29, 1.82) is 0 Å². The van der Waals surface area contributed by atoms with Gasteiger partial charge in [-0.1, -0.05) is 19.6 Å². The molecule has 0 aromatic carbocycles. The molecule has 0 heterocycles. The molecule has 14 nitrogen and oxygen atoms in total. The number of aliphatic imine (C=N–C) groups is 1. The van der Waals surface area contributed by atoms with Gasteiger partial charge in [0.1, 0.15) is 0 Å². The number of carbonyl (C=O) groups excluding carboxylic acids is 4. The van der Waals surface area contributed by atoms with Crippen molar-refractivity contribution in [2.24, 2.45) is 4.99 Å². The van der Waals surface area contributed by atoms with Crippen LogP contribution in [0.4, 0.5) is 4.79 Å². The summed E-state index contributed by atoms with van der Waals surface area (Å²) >= 11 is 0. The molecule has 268 valence electrons. The average Bonchev–Trinajstić information content (AvgIpc) is 3.05. The topological polar surface area (TPSA) is 178 Å². The van der Waals surface area contributed by atoms with E-state index < -0.39 is 23.2 Å². The number of aliphatic hydroxyl groups is 1. The van der Waals surface area contributed by atoms with Crippen LogP contribution >= 0.6 is 0 Å². The molecule has 0 spiro atoms. The zero-order chi connectivity index (χ0) is 35.9. The van der Waals surface area contributed by atoms with E-state index in [0.29, 0.717) is 43.3 Å². The van der Waals surface area contributed by atoms with E-state index in [-0.39, 0.29) is 18.5 Å². The van der Waals surface area contributed by atoms with Crippen LogP contribution in [0.25, 0.3) is 0 Å². The number of esters is 2. The number of unbranched alkanes of at least 4 members (excludes halogenated alkanes) is 6. The molecule has 0 aromatic rings. The molecule has 0 radical (unpaired) electrons. The molecule has 0 atom stereocenters. The number of aliphatic hydroxyl groups excluding tert-OH is 1. The van der Waals surface area contributed by atoms with Crippen LogP contribution in [0.2, 0.25) is 13.1 Å². The molecule has 0 bridgehead atoms. The first-order valence-corrected chi connectivity index (χ1v) is 20.2. The summed E-state index contributed by atoms with van der Waals surface area (Å²) in [6.45, 7) is 15.4. The fourth-order valence-corrected chi connectivity index (χ4v) is 4.46. The number of ether oxygens (including phenoxy) is 3. The second-order valence-electron chi connectivity index (χ2n) is 10.4. The van der Waals surface area contributed by atoms with Crippen LogP contribution in [0.3, 0.4) is 0 Å². The fourth-order valence-electron chi connectivity index (χ4n) is 2.77. The Labute approximate surface area is 277 Å². The van der Waals surface area contributed by atoms with Crippen molar-refractivity contribution in [2.75, 3.05) is 67.2 Å². The lowest BCUT2D eigenvalue weighted by molar-refractivity contribution is -0.139. The minimum Gasteiger partial charge on any atom is -0.462 e. The molecular weight excluding hydrogens is 637 g/mol. The Morgan fingerprint density at radius 1 is 0.696 bits per heavy atom. The van der Waals surface area contributed by atoms with Gasteiger partial charge in [-0.15, -0.1) is 0 Å². The first-order chi connectivity index (χ1) is 21.7. The van der Waals surface area contributed by atoms with Crippen molar-refractivity contribution < 1.29 is 56.2 Å². The van der Waals surface area contributed by atoms with E-state index in [1.165, 1.54) is 6.08 Å². The van der Waals surface area contributed by atoms with Gasteiger partial charge in [0.15, 0.2) is 0 Å². The normalized spacial score (nSPS) is 10.5. The third-order valence-electron chi connectivity index (χ3n) is 6.20. The van der Waals surface area contributed by atoms with Crippen molar-refractivity contribution in [3.8, 4) is 0 Å². The number of amides is 1. The van der Waals surface area contributed by atoms with E-state index in [4.69, 9.17) is 37.0 Å². The van der Waals surface area contributed by atoms with Gasteiger partial charge in [0.05, 0.1) is 32.2 Å². The minimum atomic E-state index is -2.31. The predicted octanol–water partition coefficient (Wildman–Crippen LogP) is 4.18. The van der Waals surface area contributed by atoms with Crippen molar-refractivity contribution in [2.45, 2.75) is 78.3 Å². The molecule has 0 saturated heterocycles. The van der Waals surface area contributed by atoms with Gasteiger partial charge >= 0.3 is 35.2 Å². The van der Waals surface area contributed by atoms with Crippen LogP contribution in [-0.4, -0.2) is 114 Å². The minimum absolute atomic E-state index is 0.242. The summed E-state index contributed by atoms with van der Waals surface area (Å²) in [7, 11) is 1.78. The SMILES string of the molecule is C=C(C)C(=O)OCCCCCCO.C=C(C)C(=O)OCCCCCCOC(=O)NC[Si](C)(OC)OC.CO[Si](C)(CN=C=O)OC. The Morgan fingerprint density at radius 3 is 1.43 bits per heavy atom. The fraction of sp³-hybridized carbons (Fsp3) is 0.733. The molecule has 16 heteroatoms. The van der Waals surface area contributed by atoms with Crippen LogP contribution in [0.15, 0.2) is 29.3 Å². The van der Waals surface area contributed by atoms with Crippen molar-refractivity contribution in [3.63, 3.8) is 0 Å². The lowest BCUT2D eigenvalue weighted by Gasteiger charge is -2.22. The van der Waals surface area contributed by atoms with Gasteiger partial charge in [-0.05, 0) is 71.9 Å². The Hall–Kier alpha value is -2.70. The number of carbonyl (C=O) groups is 3. The van der Waals surface area contributed by atoms with Gasteiger partial charge < -0.3 is 42.3 Å². The maximum absolute atomic E-state index is 11.5. The molecule has 46 heavy (non-hydrogen) atoms. The summed E-state index contributed by atoms with van der Waals surface area (Å²) in [6.07, 6.45) is 8.66. The van der Waals surface area contributed by atoms with Crippen LogP contribution in [-0.2, 0) is 46.3 Å². The molecule has 1 amide bonds. The zero-order valence-corrected chi connectivity index (χ0v) is 31.2. The van der Waals surface area contributed by atoms with E-state index in [0.717, 1.165) is 51.4 Å². The van der Waals surface area contributed by atoms with E-state index in [1.54, 1.807) is 42.3 Å². The third-order valence-corrected chi connectivity index (χ3v) is 11.2. The number of hydrogen-bond acceptors (Lipinski definition) is 13. The molecule has 2 N–H and O–H groups in total. The van der Waals surface area contributed by atoms with Gasteiger partial charge in [-0.3, -0.25) is 0 Å². The molecule has 0 aliphatic rings. The Kier molecular flexibility index (Phi) is 32.1. The summed E-state index contributed by atoms with van der Waals surface area (Å²) in [6, 6.07) is 0. The van der Waals surface area contributed by atoms with Crippen LogP contribution in [0.5, 0.6) is 0 Å². The molecule has 0 saturated carbocycles. The number of nitrogens with one attached hydrogen (secondary N) is 1. The Morgan fingerprint density at radius 2 is 1.09 bits per heavy atom. The number of nitrogens with zero attached hydrogens (tertiary/aromatic N) is 1. The highest BCUT2D eigenvalue weighted by Gasteiger charge is 2.29. The average molecular weight is 695 g/mol. The lowest BCUT2D eigenvalue weighted by Crippen LogP contribution is -2.48. The number of alkyl carbamates (subject to hydrolysis) is 1. The predicted molar refractivity (Wildman–Crippen MR) is 179 cm³/mol. The maximum Gasteiger partial charge on any atom is 0.407 e. The van der Waals surface area contributed by atoms with E-state index in [9.17, 15) is 19.2 Å². The second kappa shape index (κ2) is 30.9. The second-order valence-corrected chi connectivity index (χ2v) is 17.2. The Bertz CT molecular complexity index is 906. The van der Waals surface area contributed by atoms with Crippen LogP contribution in [0.1, 0.15) is 65.2 Å². The highest BCUT2D eigenvalue weighted by Crippen LogP contribution is 2.05. The summed E-state index contributed by atoms with van der Waals surface area (Å²) < 4.78 is 35.5. The molecule has 0 aliphatic heterocycles. The van der Waals surface area contributed by atoms with E-state index in [2.05, 4.69) is 23.5 Å². The molecule has 0 aliphatic carbocycles. The van der Waals surface area contributed by atoms with Crippen molar-refractivity contribution in [1.82, 2.24) is 5.32 Å². The number of rotatable bonds is 23. The zero-order valence-electron chi connectivity index (χ0n) is 29.2. The highest BCUT2D eigenvalue weighted by molar-refractivity contribution is 6.66. The summed E-state index contributed by atoms with van der Waals surface area (Å²) in [5.41, 5.74) is 0.848. The van der Waals surface area contributed by atoms with Gasteiger partial charge in [-0.25, -0.2) is 24.2 Å². The van der Waals surface area contributed by atoms with Gasteiger partial charge in [0.25, 0.3) is 0 Å². The molecule has 0 rings (SSSR count). The highest BCUT2D eigenvalue weighted by atomic mass is 28.4. The smallest absolute Gasteiger partial charge is 0.407 e. The largest absolute Gasteiger partial charge is 0.462 e. The third kappa shape index (κ3) is 30.0. The summed E-state index contributed by atoms with van der Waals surface area (Å²) in [4.78, 5) is 46.6. The van der Waals surface area contributed by atoms with E-state index >= 15 is 0 Å². The van der Waals surface area contributed by atoms with Crippen molar-refractivity contribution in [3.05, 3.63) is 24.3 Å². The van der Waals surface area contributed by atoms with Crippen molar-refractivity contribution >= 4 is 41.2 Å². The van der Waals surface area contributed by atoms with E-state index in [1.807, 2.05) is 13.1 Å². The molecule has 0 unspecified atom stereocenters. The quantitative estimate of drug-likeness (QED) is 0.0297.